The van der Waals surface area contributed by atoms with Crippen molar-refractivity contribution in [3.05, 3.63) is 100 Å². The van der Waals surface area contributed by atoms with Crippen LogP contribution in [0.5, 0.6) is 0 Å². The lowest BCUT2D eigenvalue weighted by molar-refractivity contribution is -0.140. The van der Waals surface area contributed by atoms with Gasteiger partial charge >= 0.3 is 0 Å². The Morgan fingerprint density at radius 1 is 0.925 bits per heavy atom. The largest absolute Gasteiger partial charge is 0.354 e. The second kappa shape index (κ2) is 14.3. The zero-order valence-electron chi connectivity index (χ0n) is 23.6. The van der Waals surface area contributed by atoms with E-state index in [2.05, 4.69) is 5.32 Å². The normalized spacial score (nSPS) is 12.0. The van der Waals surface area contributed by atoms with Crippen LogP contribution in [0.4, 0.5) is 5.69 Å². The fraction of sp³-hybridized carbons (Fsp3) is 0.355. The predicted molar refractivity (Wildman–Crippen MR) is 162 cm³/mol. The number of nitrogens with one attached hydrogen (secondary N) is 1. The van der Waals surface area contributed by atoms with Gasteiger partial charge in [0, 0.05) is 24.5 Å². The molecule has 3 rings (SSSR count). The molecule has 0 aliphatic rings. The molecule has 0 fully saturated rings. The minimum atomic E-state index is -3.81. The van der Waals surface area contributed by atoms with Gasteiger partial charge in [0.1, 0.15) is 12.6 Å². The highest BCUT2D eigenvalue weighted by atomic mass is 35.5. The molecule has 0 saturated heterocycles. The van der Waals surface area contributed by atoms with E-state index in [1.165, 1.54) is 4.90 Å². The average Bonchev–Trinajstić information content (AvgIpc) is 2.89. The van der Waals surface area contributed by atoms with Gasteiger partial charge in [-0.05, 0) is 66.8 Å². The van der Waals surface area contributed by atoms with Crippen LogP contribution < -0.4 is 9.62 Å². The molecule has 3 aromatic rings. The van der Waals surface area contributed by atoms with Gasteiger partial charge in [0.25, 0.3) is 0 Å². The molecule has 0 aliphatic carbocycles. The maximum atomic E-state index is 14.1. The summed E-state index contributed by atoms with van der Waals surface area (Å²) in [6.45, 7) is 5.95. The van der Waals surface area contributed by atoms with Gasteiger partial charge in [0.05, 0.1) is 11.9 Å². The zero-order valence-corrected chi connectivity index (χ0v) is 25.1. The zero-order chi connectivity index (χ0) is 29.3. The minimum absolute atomic E-state index is 0.110. The monoisotopic (exact) mass is 583 g/mol. The summed E-state index contributed by atoms with van der Waals surface area (Å²) in [7, 11) is -3.81. The number of rotatable bonds is 13. The molecule has 0 aliphatic heterocycles. The first-order valence-electron chi connectivity index (χ1n) is 13.4. The molecule has 0 unspecified atom stereocenters. The minimum Gasteiger partial charge on any atom is -0.354 e. The van der Waals surface area contributed by atoms with Gasteiger partial charge in [0.2, 0.25) is 21.8 Å². The third kappa shape index (κ3) is 9.10. The number of sulfonamides is 1. The number of aryl methyl sites for hydroxylation is 2. The van der Waals surface area contributed by atoms with Gasteiger partial charge in [-0.15, -0.1) is 0 Å². The third-order valence-corrected chi connectivity index (χ3v) is 7.93. The van der Waals surface area contributed by atoms with Crippen LogP contribution in [-0.2, 0) is 32.6 Å². The smallest absolute Gasteiger partial charge is 0.244 e. The lowest BCUT2D eigenvalue weighted by Crippen LogP contribution is -2.53. The molecule has 7 nitrogen and oxygen atoms in total. The quantitative estimate of drug-likeness (QED) is 0.277. The summed E-state index contributed by atoms with van der Waals surface area (Å²) in [6.07, 6.45) is 3.08. The van der Waals surface area contributed by atoms with E-state index in [1.807, 2.05) is 57.2 Å². The van der Waals surface area contributed by atoms with Crippen molar-refractivity contribution in [1.29, 1.82) is 0 Å². The van der Waals surface area contributed by atoms with Crippen molar-refractivity contribution in [3.8, 4) is 0 Å². The standard InChI is InChI=1S/C31H38ClN3O4S/c1-5-6-16-33-31(37)29(20-25-10-8-7-9-11-25)34(21-26-12-14-27(32)15-13-26)30(36)22-35(40(4,38)39)28-18-23(2)17-24(3)19-28/h7-15,17-19,29H,5-6,16,20-22H2,1-4H3,(H,33,37)/t29-/m1/s1. The molecule has 1 atom stereocenters. The van der Waals surface area contributed by atoms with Gasteiger partial charge in [-0.2, -0.15) is 0 Å². The molecule has 0 bridgehead atoms. The van der Waals surface area contributed by atoms with Crippen molar-refractivity contribution >= 4 is 39.1 Å². The maximum Gasteiger partial charge on any atom is 0.244 e. The lowest BCUT2D eigenvalue weighted by Gasteiger charge is -2.33. The Balaban J connectivity index is 2.04. The van der Waals surface area contributed by atoms with E-state index in [-0.39, 0.29) is 18.9 Å². The molecule has 40 heavy (non-hydrogen) atoms. The summed E-state index contributed by atoms with van der Waals surface area (Å²) in [5.41, 5.74) is 3.83. The summed E-state index contributed by atoms with van der Waals surface area (Å²) in [5, 5.41) is 3.53. The summed E-state index contributed by atoms with van der Waals surface area (Å²) >= 11 is 6.10. The number of nitrogens with zero attached hydrogens (tertiary/aromatic N) is 2. The molecule has 1 N–H and O–H groups in total. The van der Waals surface area contributed by atoms with Crippen LogP contribution in [0.1, 0.15) is 42.0 Å². The molecular weight excluding hydrogens is 546 g/mol. The van der Waals surface area contributed by atoms with E-state index in [0.29, 0.717) is 17.3 Å². The number of halogens is 1. The number of hydrogen-bond donors (Lipinski definition) is 1. The number of amides is 2. The highest BCUT2D eigenvalue weighted by molar-refractivity contribution is 7.92. The van der Waals surface area contributed by atoms with Crippen molar-refractivity contribution in [1.82, 2.24) is 10.2 Å². The Hall–Kier alpha value is -3.36. The molecule has 0 aromatic heterocycles. The highest BCUT2D eigenvalue weighted by Crippen LogP contribution is 2.23. The van der Waals surface area contributed by atoms with Crippen LogP contribution >= 0.6 is 11.6 Å². The van der Waals surface area contributed by atoms with Crippen LogP contribution in [0, 0.1) is 13.8 Å². The number of anilines is 1. The Morgan fingerprint density at radius 2 is 1.55 bits per heavy atom. The summed E-state index contributed by atoms with van der Waals surface area (Å²) < 4.78 is 27.0. The Bertz CT molecular complexity index is 1380. The topological polar surface area (TPSA) is 86.8 Å². The molecule has 0 heterocycles. The van der Waals surface area contributed by atoms with Crippen LogP contribution in [0.25, 0.3) is 0 Å². The molecule has 2 amide bonds. The molecule has 0 radical (unpaired) electrons. The first-order chi connectivity index (χ1) is 19.0. The van der Waals surface area contributed by atoms with E-state index in [4.69, 9.17) is 11.6 Å². The molecular formula is C31H38ClN3O4S. The fourth-order valence-corrected chi connectivity index (χ4v) is 5.51. The van der Waals surface area contributed by atoms with Crippen molar-refractivity contribution in [2.24, 2.45) is 0 Å². The maximum absolute atomic E-state index is 14.1. The van der Waals surface area contributed by atoms with Crippen molar-refractivity contribution in [2.45, 2.75) is 52.6 Å². The van der Waals surface area contributed by atoms with Gasteiger partial charge in [-0.3, -0.25) is 13.9 Å². The van der Waals surface area contributed by atoms with Crippen LogP contribution in [0.3, 0.4) is 0 Å². The van der Waals surface area contributed by atoms with Gasteiger partial charge in [-0.1, -0.05) is 73.5 Å². The molecule has 0 saturated carbocycles. The van der Waals surface area contributed by atoms with Crippen LogP contribution in [0.15, 0.2) is 72.8 Å². The molecule has 9 heteroatoms. The highest BCUT2D eigenvalue weighted by Gasteiger charge is 2.33. The summed E-state index contributed by atoms with van der Waals surface area (Å²) in [6, 6.07) is 21.1. The second-order valence-corrected chi connectivity index (χ2v) is 12.5. The first-order valence-corrected chi connectivity index (χ1v) is 15.6. The van der Waals surface area contributed by atoms with Gasteiger partial charge < -0.3 is 10.2 Å². The van der Waals surface area contributed by atoms with E-state index >= 15 is 0 Å². The predicted octanol–water partition coefficient (Wildman–Crippen LogP) is 5.28. The Morgan fingerprint density at radius 3 is 2.12 bits per heavy atom. The SMILES string of the molecule is CCCCNC(=O)[C@@H](Cc1ccccc1)N(Cc1ccc(Cl)cc1)C(=O)CN(c1cc(C)cc(C)c1)S(C)(=O)=O. The number of carbonyl (C=O) groups excluding carboxylic acids is 2. The average molecular weight is 584 g/mol. The van der Waals surface area contributed by atoms with E-state index in [9.17, 15) is 18.0 Å². The molecule has 214 valence electrons. The van der Waals surface area contributed by atoms with Crippen molar-refractivity contribution in [3.63, 3.8) is 0 Å². The summed E-state index contributed by atoms with van der Waals surface area (Å²) in [4.78, 5) is 29.2. The second-order valence-electron chi connectivity index (χ2n) is 10.1. The number of carbonyl (C=O) groups is 2. The van der Waals surface area contributed by atoms with Crippen LogP contribution in [-0.4, -0.2) is 50.5 Å². The first kappa shape index (κ1) is 31.2. The Labute approximate surface area is 243 Å². The van der Waals surface area contributed by atoms with Crippen molar-refractivity contribution < 1.29 is 18.0 Å². The van der Waals surface area contributed by atoms with E-state index in [0.717, 1.165) is 45.7 Å². The van der Waals surface area contributed by atoms with E-state index in [1.54, 1.807) is 36.4 Å². The van der Waals surface area contributed by atoms with Gasteiger partial charge in [-0.25, -0.2) is 8.42 Å². The number of benzene rings is 3. The van der Waals surface area contributed by atoms with Crippen molar-refractivity contribution in [2.75, 3.05) is 23.7 Å². The van der Waals surface area contributed by atoms with Gasteiger partial charge in [0.15, 0.2) is 0 Å². The number of unbranched alkanes of at least 4 members (excludes halogenated alkanes) is 1. The summed E-state index contributed by atoms with van der Waals surface area (Å²) in [5.74, 6) is -0.761. The lowest BCUT2D eigenvalue weighted by atomic mass is 10.0. The Kier molecular flexibility index (Phi) is 11.2. The van der Waals surface area contributed by atoms with E-state index < -0.39 is 28.5 Å². The fourth-order valence-electron chi connectivity index (χ4n) is 4.55. The molecule has 0 spiro atoms. The number of hydrogen-bond acceptors (Lipinski definition) is 4. The third-order valence-electron chi connectivity index (χ3n) is 6.54. The molecule has 3 aromatic carbocycles. The van der Waals surface area contributed by atoms with Crippen LogP contribution in [0.2, 0.25) is 5.02 Å².